The quantitative estimate of drug-likeness (QED) is 0.690. The molecule has 0 spiro atoms. The number of fused-ring (bicyclic) bond motifs is 4. The number of carbonyl (C=O) groups excluding carboxylic acids is 1. The van der Waals surface area contributed by atoms with E-state index in [2.05, 4.69) is 16.7 Å². The van der Waals surface area contributed by atoms with Crippen molar-refractivity contribution in [3.63, 3.8) is 0 Å². The number of benzene rings is 1. The van der Waals surface area contributed by atoms with Crippen LogP contribution in [-0.2, 0) is 11.3 Å². The number of rotatable bonds is 4. The fourth-order valence-electron chi connectivity index (χ4n) is 5.02. The molecule has 0 saturated carbocycles. The van der Waals surface area contributed by atoms with Crippen LogP contribution in [0.3, 0.4) is 0 Å². The highest BCUT2D eigenvalue weighted by molar-refractivity contribution is 5.77. The molecule has 2 bridgehead atoms. The van der Waals surface area contributed by atoms with Crippen LogP contribution in [0.5, 0.6) is 0 Å². The number of aromatic nitrogens is 2. The van der Waals surface area contributed by atoms with Gasteiger partial charge in [-0.05, 0) is 36.1 Å². The van der Waals surface area contributed by atoms with Crippen LogP contribution in [0.4, 0.5) is 0 Å². The van der Waals surface area contributed by atoms with Gasteiger partial charge in [-0.25, -0.2) is 0 Å². The molecule has 148 valence electrons. The first kappa shape index (κ1) is 18.0. The number of hydrogen-bond donors (Lipinski definition) is 0. The molecule has 0 radical (unpaired) electrons. The summed E-state index contributed by atoms with van der Waals surface area (Å²) in [5, 5.41) is 0. The Hall–Kier alpha value is -3.08. The molecule has 4 heterocycles. The molecule has 3 aromatic rings. The second-order valence-electron chi connectivity index (χ2n) is 8.26. The second kappa shape index (κ2) is 7.39. The zero-order valence-electron chi connectivity index (χ0n) is 16.4. The van der Waals surface area contributed by atoms with Gasteiger partial charge in [-0.3, -0.25) is 9.59 Å². The van der Waals surface area contributed by atoms with Crippen LogP contribution in [0, 0.1) is 5.92 Å². The third-order valence-corrected chi connectivity index (χ3v) is 6.37. The van der Waals surface area contributed by atoms with E-state index in [0.717, 1.165) is 30.8 Å². The van der Waals surface area contributed by atoms with Crippen LogP contribution in [0.2, 0.25) is 0 Å². The first-order chi connectivity index (χ1) is 14.2. The molecule has 1 aromatic carbocycles. The highest BCUT2D eigenvalue weighted by Gasteiger charge is 2.36. The lowest BCUT2D eigenvalue weighted by molar-refractivity contribution is -0.134. The van der Waals surface area contributed by atoms with Gasteiger partial charge in [0.05, 0.1) is 12.5 Å². The van der Waals surface area contributed by atoms with Crippen molar-refractivity contribution in [3.8, 4) is 0 Å². The van der Waals surface area contributed by atoms with Crippen molar-refractivity contribution in [1.82, 2.24) is 14.0 Å². The van der Waals surface area contributed by atoms with Crippen molar-refractivity contribution in [2.24, 2.45) is 5.92 Å². The van der Waals surface area contributed by atoms with E-state index in [9.17, 15) is 9.59 Å². The van der Waals surface area contributed by atoms with E-state index in [1.807, 2.05) is 64.3 Å². The Morgan fingerprint density at radius 2 is 1.72 bits per heavy atom. The summed E-state index contributed by atoms with van der Waals surface area (Å²) < 4.78 is 4.03. The van der Waals surface area contributed by atoms with E-state index in [-0.39, 0.29) is 23.4 Å². The topological polar surface area (TPSA) is 47.2 Å². The maximum Gasteiger partial charge on any atom is 0.250 e. The van der Waals surface area contributed by atoms with Gasteiger partial charge in [0.2, 0.25) is 5.91 Å². The summed E-state index contributed by atoms with van der Waals surface area (Å²) in [5.74, 6) is 0.795. The molecule has 5 nitrogen and oxygen atoms in total. The molecule has 1 saturated heterocycles. The average Bonchev–Trinajstić information content (AvgIpc) is 3.28. The summed E-state index contributed by atoms with van der Waals surface area (Å²) in [5.41, 5.74) is 2.30. The summed E-state index contributed by atoms with van der Waals surface area (Å²) in [7, 11) is 0. The molecule has 5 heteroatoms. The Kier molecular flexibility index (Phi) is 4.58. The van der Waals surface area contributed by atoms with Gasteiger partial charge >= 0.3 is 0 Å². The molecule has 29 heavy (non-hydrogen) atoms. The van der Waals surface area contributed by atoms with Gasteiger partial charge in [0.25, 0.3) is 5.56 Å². The number of piperidine rings is 1. The molecule has 5 rings (SSSR count). The normalized spacial score (nSPS) is 21.4. The molecule has 2 aromatic heterocycles. The maximum atomic E-state index is 13.3. The van der Waals surface area contributed by atoms with Crippen molar-refractivity contribution in [2.75, 3.05) is 13.1 Å². The van der Waals surface area contributed by atoms with Gasteiger partial charge < -0.3 is 14.0 Å². The van der Waals surface area contributed by atoms with Crippen LogP contribution >= 0.6 is 0 Å². The smallest absolute Gasteiger partial charge is 0.250 e. The lowest BCUT2D eigenvalue weighted by Crippen LogP contribution is -2.49. The van der Waals surface area contributed by atoms with E-state index in [4.69, 9.17) is 0 Å². The minimum absolute atomic E-state index is 0.00428. The van der Waals surface area contributed by atoms with Gasteiger partial charge in [-0.1, -0.05) is 36.4 Å². The molecule has 1 fully saturated rings. The number of carbonyl (C=O) groups is 1. The fraction of sp³-hybridized carbons (Fsp3) is 0.333. The molecule has 0 aliphatic carbocycles. The van der Waals surface area contributed by atoms with Crippen molar-refractivity contribution < 1.29 is 4.79 Å². The Morgan fingerprint density at radius 3 is 2.52 bits per heavy atom. The number of hydrogen-bond acceptors (Lipinski definition) is 2. The standard InChI is InChI=1S/C24H25N3O2/c28-23-10-6-9-21-20-13-18(16-27(21)23)15-26(17-20)24(29)14-22(25-11-4-5-12-25)19-7-2-1-3-8-19/h1-12,18,20,22H,13-17H2. The molecule has 1 amide bonds. The van der Waals surface area contributed by atoms with E-state index in [1.165, 1.54) is 0 Å². The van der Waals surface area contributed by atoms with Gasteiger partial charge in [-0.2, -0.15) is 0 Å². The molecule has 0 N–H and O–H groups in total. The Morgan fingerprint density at radius 1 is 0.931 bits per heavy atom. The van der Waals surface area contributed by atoms with Crippen LogP contribution < -0.4 is 5.56 Å². The monoisotopic (exact) mass is 387 g/mol. The SMILES string of the molecule is O=C(CC(c1ccccc1)n1cccc1)N1CC2CC(C1)c1cccc(=O)n1C2. The molecule has 3 atom stereocenters. The molecular formula is C24H25N3O2. The van der Waals surface area contributed by atoms with Gasteiger partial charge in [0.1, 0.15) is 0 Å². The first-order valence-electron chi connectivity index (χ1n) is 10.3. The summed E-state index contributed by atoms with van der Waals surface area (Å²) in [4.78, 5) is 27.6. The number of amides is 1. The average molecular weight is 387 g/mol. The lowest BCUT2D eigenvalue weighted by Gasteiger charge is -2.43. The highest BCUT2D eigenvalue weighted by Crippen LogP contribution is 2.35. The molecule has 2 aliphatic heterocycles. The summed E-state index contributed by atoms with van der Waals surface area (Å²) in [6.07, 6.45) is 5.56. The van der Waals surface area contributed by atoms with Gasteiger partial charge in [-0.15, -0.1) is 0 Å². The molecular weight excluding hydrogens is 362 g/mol. The molecule has 2 aliphatic rings. The van der Waals surface area contributed by atoms with E-state index in [0.29, 0.717) is 18.9 Å². The number of pyridine rings is 1. The summed E-state index contributed by atoms with van der Waals surface area (Å²) in [6.45, 7) is 2.16. The Labute approximate surface area is 170 Å². The minimum atomic E-state index is -0.00428. The van der Waals surface area contributed by atoms with E-state index >= 15 is 0 Å². The van der Waals surface area contributed by atoms with Crippen molar-refractivity contribution in [2.45, 2.75) is 31.3 Å². The zero-order chi connectivity index (χ0) is 19.8. The van der Waals surface area contributed by atoms with Crippen molar-refractivity contribution in [3.05, 3.63) is 94.7 Å². The predicted octanol–water partition coefficient (Wildman–Crippen LogP) is 3.28. The largest absolute Gasteiger partial charge is 0.346 e. The van der Waals surface area contributed by atoms with E-state index in [1.54, 1.807) is 6.07 Å². The Balaban J connectivity index is 1.38. The van der Waals surface area contributed by atoms with Crippen molar-refractivity contribution >= 4 is 5.91 Å². The fourth-order valence-corrected chi connectivity index (χ4v) is 5.02. The van der Waals surface area contributed by atoms with Gasteiger partial charge in [0, 0.05) is 49.7 Å². The van der Waals surface area contributed by atoms with Crippen LogP contribution in [0.1, 0.15) is 36.1 Å². The maximum absolute atomic E-state index is 13.3. The van der Waals surface area contributed by atoms with Crippen LogP contribution in [0.25, 0.3) is 0 Å². The van der Waals surface area contributed by atoms with Gasteiger partial charge in [0.15, 0.2) is 0 Å². The van der Waals surface area contributed by atoms with E-state index < -0.39 is 0 Å². The summed E-state index contributed by atoms with van der Waals surface area (Å²) >= 11 is 0. The molecule has 3 unspecified atom stereocenters. The second-order valence-corrected chi connectivity index (χ2v) is 8.26. The first-order valence-corrected chi connectivity index (χ1v) is 10.3. The number of nitrogens with zero attached hydrogens (tertiary/aromatic N) is 3. The third-order valence-electron chi connectivity index (χ3n) is 6.37. The lowest BCUT2D eigenvalue weighted by atomic mass is 9.83. The van der Waals surface area contributed by atoms with Crippen molar-refractivity contribution in [1.29, 1.82) is 0 Å². The zero-order valence-corrected chi connectivity index (χ0v) is 16.4. The Bertz CT molecular complexity index is 1060. The number of likely N-dealkylation sites (tertiary alicyclic amines) is 1. The highest BCUT2D eigenvalue weighted by atomic mass is 16.2. The predicted molar refractivity (Wildman–Crippen MR) is 112 cm³/mol. The summed E-state index contributed by atoms with van der Waals surface area (Å²) in [6, 6.07) is 19.7. The van der Waals surface area contributed by atoms with Crippen LogP contribution in [-0.4, -0.2) is 33.0 Å². The third kappa shape index (κ3) is 3.41. The van der Waals surface area contributed by atoms with Crippen LogP contribution in [0.15, 0.2) is 77.9 Å². The minimum Gasteiger partial charge on any atom is -0.346 e.